The van der Waals surface area contributed by atoms with Crippen LogP contribution in [0.3, 0.4) is 0 Å². The Bertz CT molecular complexity index is 1100. The van der Waals surface area contributed by atoms with Crippen LogP contribution >= 0.6 is 11.8 Å². The highest BCUT2D eigenvalue weighted by Gasteiger charge is 2.33. The van der Waals surface area contributed by atoms with Gasteiger partial charge in [0, 0.05) is 11.6 Å². The Morgan fingerprint density at radius 3 is 2.55 bits per heavy atom. The van der Waals surface area contributed by atoms with Gasteiger partial charge in [-0.05, 0) is 37.6 Å². The van der Waals surface area contributed by atoms with Gasteiger partial charge < -0.3 is 24.4 Å². The van der Waals surface area contributed by atoms with E-state index >= 15 is 0 Å². The number of hydrogen-bond acceptors (Lipinski definition) is 8. The third-order valence-corrected chi connectivity index (χ3v) is 5.54. The Balaban J connectivity index is 2.08. The first-order valence-corrected chi connectivity index (χ1v) is 10.3. The summed E-state index contributed by atoms with van der Waals surface area (Å²) >= 11 is 1.11. The number of rotatable bonds is 6. The molecule has 0 unspecified atom stereocenters. The van der Waals surface area contributed by atoms with E-state index in [0.29, 0.717) is 33.2 Å². The summed E-state index contributed by atoms with van der Waals surface area (Å²) in [5.74, 6) is 0.210. The first-order valence-electron chi connectivity index (χ1n) is 9.49. The maximum Gasteiger partial charge on any atom is 0.344 e. The predicted octanol–water partition coefficient (Wildman–Crippen LogP) is 4.91. The summed E-state index contributed by atoms with van der Waals surface area (Å²) in [5, 5.41) is 21.4. The number of aryl methyl sites for hydroxylation is 1. The lowest BCUT2D eigenvalue weighted by atomic mass is 10.1. The molecule has 2 aromatic rings. The van der Waals surface area contributed by atoms with Crippen molar-refractivity contribution in [1.82, 2.24) is 0 Å². The van der Waals surface area contributed by atoms with Crippen LogP contribution in [0.4, 0.5) is 5.69 Å². The SMILES string of the molecule is CCOC(=O)C1=C(O)C(=Cc2cccc(C)c2O)SC1=Nc1ccc(OC)c(OC)c1. The van der Waals surface area contributed by atoms with Crippen LogP contribution in [0.1, 0.15) is 18.1 Å². The number of aliphatic hydroxyl groups excluding tert-OH is 1. The number of phenols is 1. The van der Waals surface area contributed by atoms with E-state index in [9.17, 15) is 15.0 Å². The van der Waals surface area contributed by atoms with Crippen LogP contribution < -0.4 is 9.47 Å². The molecule has 3 rings (SSSR count). The minimum atomic E-state index is -0.677. The van der Waals surface area contributed by atoms with Crippen molar-refractivity contribution in [1.29, 1.82) is 0 Å². The Morgan fingerprint density at radius 2 is 1.87 bits per heavy atom. The number of benzene rings is 2. The lowest BCUT2D eigenvalue weighted by Gasteiger charge is -2.08. The molecular formula is C23H23NO6S. The van der Waals surface area contributed by atoms with Gasteiger partial charge in [0.05, 0.1) is 31.4 Å². The molecule has 2 N–H and O–H groups in total. The van der Waals surface area contributed by atoms with Crippen molar-refractivity contribution in [3.8, 4) is 17.2 Å². The number of carbonyl (C=O) groups excluding carboxylic acids is 1. The van der Waals surface area contributed by atoms with Crippen LogP contribution in [0.2, 0.25) is 0 Å². The molecule has 0 atom stereocenters. The van der Waals surface area contributed by atoms with Crippen LogP contribution in [-0.4, -0.2) is 42.1 Å². The molecule has 0 spiro atoms. The highest BCUT2D eigenvalue weighted by Crippen LogP contribution is 2.42. The second-order valence-corrected chi connectivity index (χ2v) is 7.55. The van der Waals surface area contributed by atoms with Gasteiger partial charge in [0.25, 0.3) is 0 Å². The standard InChI is InChI=1S/C23H23NO6S/c1-5-30-23(27)19-21(26)18(11-14-8-6-7-13(2)20(14)25)31-22(19)24-15-9-10-16(28-3)17(12-15)29-4/h6-12,25-26H,5H2,1-4H3. The molecule has 2 aromatic carbocycles. The fourth-order valence-corrected chi connectivity index (χ4v) is 3.97. The van der Waals surface area contributed by atoms with Crippen LogP contribution in [0, 0.1) is 6.92 Å². The number of para-hydroxylation sites is 1. The first kappa shape index (κ1) is 22.3. The quantitative estimate of drug-likeness (QED) is 0.615. The number of phenolic OH excluding ortho intramolecular Hbond substituents is 1. The fourth-order valence-electron chi connectivity index (χ4n) is 2.94. The van der Waals surface area contributed by atoms with Gasteiger partial charge in [0.1, 0.15) is 22.1 Å². The largest absolute Gasteiger partial charge is 0.507 e. The Hall–Kier alpha value is -3.39. The van der Waals surface area contributed by atoms with Gasteiger partial charge in [-0.3, -0.25) is 0 Å². The number of aromatic hydroxyl groups is 1. The molecule has 0 saturated heterocycles. The van der Waals surface area contributed by atoms with E-state index in [1.54, 1.807) is 56.3 Å². The smallest absolute Gasteiger partial charge is 0.344 e. The number of thioether (sulfide) groups is 1. The molecule has 0 bridgehead atoms. The molecule has 8 heteroatoms. The molecule has 1 aliphatic rings. The van der Waals surface area contributed by atoms with Gasteiger partial charge >= 0.3 is 5.97 Å². The molecule has 0 radical (unpaired) electrons. The van der Waals surface area contributed by atoms with Crippen molar-refractivity contribution >= 4 is 34.5 Å². The molecule has 162 valence electrons. The molecule has 0 aromatic heterocycles. The number of nitrogens with zero attached hydrogens (tertiary/aromatic N) is 1. The second kappa shape index (κ2) is 9.61. The summed E-state index contributed by atoms with van der Waals surface area (Å²) in [4.78, 5) is 17.5. The predicted molar refractivity (Wildman–Crippen MR) is 121 cm³/mol. The molecule has 7 nitrogen and oxygen atoms in total. The van der Waals surface area contributed by atoms with Crippen molar-refractivity contribution in [2.24, 2.45) is 4.99 Å². The van der Waals surface area contributed by atoms with Gasteiger partial charge in [-0.25, -0.2) is 9.79 Å². The summed E-state index contributed by atoms with van der Waals surface area (Å²) in [6, 6.07) is 10.4. The molecule has 0 amide bonds. The van der Waals surface area contributed by atoms with Crippen LogP contribution in [0.25, 0.3) is 6.08 Å². The molecule has 31 heavy (non-hydrogen) atoms. The maximum absolute atomic E-state index is 12.5. The Labute approximate surface area is 184 Å². The zero-order valence-electron chi connectivity index (χ0n) is 17.6. The lowest BCUT2D eigenvalue weighted by Crippen LogP contribution is -2.12. The minimum absolute atomic E-state index is 0.0278. The summed E-state index contributed by atoms with van der Waals surface area (Å²) in [7, 11) is 3.05. The van der Waals surface area contributed by atoms with Crippen LogP contribution in [0.5, 0.6) is 17.2 Å². The number of carbonyl (C=O) groups is 1. The zero-order valence-corrected chi connectivity index (χ0v) is 18.4. The van der Waals surface area contributed by atoms with Crippen LogP contribution in [-0.2, 0) is 9.53 Å². The van der Waals surface area contributed by atoms with Gasteiger partial charge in [-0.15, -0.1) is 0 Å². The molecule has 0 aliphatic carbocycles. The topological polar surface area (TPSA) is 97.6 Å². The van der Waals surface area contributed by atoms with E-state index in [4.69, 9.17) is 14.2 Å². The number of ether oxygens (including phenoxy) is 3. The highest BCUT2D eigenvalue weighted by molar-refractivity contribution is 8.18. The number of aliphatic imine (C=N–C) groups is 1. The first-order chi connectivity index (χ1) is 14.9. The molecule has 1 aliphatic heterocycles. The molecule has 1 heterocycles. The van der Waals surface area contributed by atoms with Crippen molar-refractivity contribution in [2.45, 2.75) is 13.8 Å². The van der Waals surface area contributed by atoms with Crippen molar-refractivity contribution in [3.63, 3.8) is 0 Å². The number of aliphatic hydroxyl groups is 1. The zero-order chi connectivity index (χ0) is 22.5. The van der Waals surface area contributed by atoms with Crippen molar-refractivity contribution in [3.05, 3.63) is 63.8 Å². The van der Waals surface area contributed by atoms with E-state index in [1.165, 1.54) is 14.2 Å². The highest BCUT2D eigenvalue weighted by atomic mass is 32.2. The summed E-state index contributed by atoms with van der Waals surface area (Å²) in [6.07, 6.45) is 1.61. The van der Waals surface area contributed by atoms with Crippen molar-refractivity contribution in [2.75, 3.05) is 20.8 Å². The summed E-state index contributed by atoms with van der Waals surface area (Å²) in [5.41, 5.74) is 1.70. The fraction of sp³-hybridized carbons (Fsp3) is 0.217. The van der Waals surface area contributed by atoms with Crippen molar-refractivity contribution < 1.29 is 29.2 Å². The summed E-state index contributed by atoms with van der Waals surface area (Å²) in [6.45, 7) is 3.62. The average molecular weight is 442 g/mol. The maximum atomic E-state index is 12.5. The number of esters is 1. The van der Waals surface area contributed by atoms with Gasteiger partial charge in [0.15, 0.2) is 11.5 Å². The number of methoxy groups -OCH3 is 2. The second-order valence-electron chi connectivity index (χ2n) is 6.52. The van der Waals surface area contributed by atoms with E-state index in [0.717, 1.165) is 11.8 Å². The molecule has 0 fully saturated rings. The Kier molecular flexibility index (Phi) is 6.91. The summed E-state index contributed by atoms with van der Waals surface area (Å²) < 4.78 is 15.7. The molecular weight excluding hydrogens is 418 g/mol. The minimum Gasteiger partial charge on any atom is -0.507 e. The van der Waals surface area contributed by atoms with E-state index in [1.807, 2.05) is 0 Å². The van der Waals surface area contributed by atoms with Crippen LogP contribution in [0.15, 0.2) is 57.6 Å². The van der Waals surface area contributed by atoms with Gasteiger partial charge in [-0.2, -0.15) is 0 Å². The Morgan fingerprint density at radius 1 is 1.13 bits per heavy atom. The third kappa shape index (κ3) is 4.69. The van der Waals surface area contributed by atoms with E-state index in [-0.39, 0.29) is 28.7 Å². The van der Waals surface area contributed by atoms with Gasteiger partial charge in [0.2, 0.25) is 0 Å². The van der Waals surface area contributed by atoms with Gasteiger partial charge in [-0.1, -0.05) is 30.0 Å². The molecule has 0 saturated carbocycles. The number of hydrogen-bond donors (Lipinski definition) is 2. The average Bonchev–Trinajstić information content (AvgIpc) is 3.06. The normalized spacial score (nSPS) is 16.1. The monoisotopic (exact) mass is 441 g/mol. The lowest BCUT2D eigenvalue weighted by molar-refractivity contribution is -0.138. The van der Waals surface area contributed by atoms with E-state index < -0.39 is 5.97 Å². The third-order valence-electron chi connectivity index (χ3n) is 4.52. The van der Waals surface area contributed by atoms with E-state index in [2.05, 4.69) is 4.99 Å².